The van der Waals surface area contributed by atoms with Crippen molar-refractivity contribution in [1.82, 2.24) is 4.90 Å². The van der Waals surface area contributed by atoms with Crippen LogP contribution in [-0.4, -0.2) is 34.5 Å². The molecule has 1 N–H and O–H groups in total. The quantitative estimate of drug-likeness (QED) is 0.920. The van der Waals surface area contributed by atoms with Crippen molar-refractivity contribution < 1.29 is 19.4 Å². The van der Waals surface area contributed by atoms with Gasteiger partial charge in [-0.25, -0.2) is 0 Å². The molecule has 2 aliphatic rings. The number of carbonyl (C=O) groups is 2. The lowest BCUT2D eigenvalue weighted by Gasteiger charge is -2.34. The Morgan fingerprint density at radius 2 is 1.75 bits per heavy atom. The van der Waals surface area contributed by atoms with Gasteiger partial charge in [0.2, 0.25) is 0 Å². The molecule has 5 nitrogen and oxygen atoms in total. The van der Waals surface area contributed by atoms with E-state index in [2.05, 4.69) is 0 Å². The Bertz CT molecular complexity index is 792. The molecular weight excluding hydrogens is 306 g/mol. The predicted molar refractivity (Wildman–Crippen MR) is 86.8 cm³/mol. The van der Waals surface area contributed by atoms with Crippen LogP contribution in [0.25, 0.3) is 0 Å². The number of carbonyl (C=O) groups excluding carboxylic acids is 1. The van der Waals surface area contributed by atoms with Crippen LogP contribution in [0.1, 0.15) is 22.6 Å². The molecule has 0 saturated carbocycles. The van der Waals surface area contributed by atoms with Crippen LogP contribution in [0.5, 0.6) is 5.75 Å². The molecule has 0 aliphatic carbocycles. The molecule has 2 aliphatic heterocycles. The zero-order valence-corrected chi connectivity index (χ0v) is 13.0. The van der Waals surface area contributed by atoms with Crippen molar-refractivity contribution in [1.29, 1.82) is 0 Å². The lowest BCUT2D eigenvalue weighted by atomic mass is 9.89. The molecule has 1 amide bonds. The van der Waals surface area contributed by atoms with Crippen molar-refractivity contribution in [2.24, 2.45) is 0 Å². The Kier molecular flexibility index (Phi) is 3.49. The molecule has 5 heteroatoms. The van der Waals surface area contributed by atoms with Gasteiger partial charge in [-0.2, -0.15) is 0 Å². The lowest BCUT2D eigenvalue weighted by molar-refractivity contribution is -0.143. The summed E-state index contributed by atoms with van der Waals surface area (Å²) in [5.41, 5.74) is 2.70. The SMILES string of the molecule is O=C(O)C1CN(C(=O)C2Cc3ccccc3O2)Cc2ccccc21. The van der Waals surface area contributed by atoms with Gasteiger partial charge in [-0.1, -0.05) is 42.5 Å². The molecule has 2 aromatic carbocycles. The summed E-state index contributed by atoms with van der Waals surface area (Å²) in [6.07, 6.45) is -0.0349. The number of rotatable bonds is 2. The Balaban J connectivity index is 1.57. The number of carboxylic acid groups (broad SMARTS) is 1. The highest BCUT2D eigenvalue weighted by molar-refractivity contribution is 5.85. The van der Waals surface area contributed by atoms with Gasteiger partial charge in [0.25, 0.3) is 5.91 Å². The fourth-order valence-corrected chi connectivity index (χ4v) is 3.51. The third-order valence-electron chi connectivity index (χ3n) is 4.73. The van der Waals surface area contributed by atoms with Crippen molar-refractivity contribution in [3.63, 3.8) is 0 Å². The summed E-state index contributed by atoms with van der Waals surface area (Å²) in [6.45, 7) is 0.608. The monoisotopic (exact) mass is 323 g/mol. The Labute approximate surface area is 139 Å². The highest BCUT2D eigenvalue weighted by atomic mass is 16.5. The largest absolute Gasteiger partial charge is 0.481 e. The van der Waals surface area contributed by atoms with E-state index in [1.54, 1.807) is 4.90 Å². The molecule has 0 saturated heterocycles. The van der Waals surface area contributed by atoms with Gasteiger partial charge in [0.1, 0.15) is 5.75 Å². The normalized spacial score (nSPS) is 21.6. The second-order valence-electron chi connectivity index (χ2n) is 6.23. The number of ether oxygens (including phenoxy) is 1. The van der Waals surface area contributed by atoms with Crippen molar-refractivity contribution in [2.75, 3.05) is 6.54 Å². The van der Waals surface area contributed by atoms with Gasteiger partial charge in [0.15, 0.2) is 6.10 Å². The highest BCUT2D eigenvalue weighted by Crippen LogP contribution is 2.32. The third-order valence-corrected chi connectivity index (χ3v) is 4.73. The zero-order chi connectivity index (χ0) is 16.7. The topological polar surface area (TPSA) is 66.8 Å². The summed E-state index contributed by atoms with van der Waals surface area (Å²) >= 11 is 0. The first-order valence-electron chi connectivity index (χ1n) is 7.97. The maximum atomic E-state index is 12.9. The molecule has 2 aromatic rings. The number of hydrogen-bond acceptors (Lipinski definition) is 3. The van der Waals surface area contributed by atoms with E-state index in [-0.39, 0.29) is 12.5 Å². The molecule has 0 spiro atoms. The molecule has 2 unspecified atom stereocenters. The minimum absolute atomic E-state index is 0.146. The van der Waals surface area contributed by atoms with Crippen molar-refractivity contribution in [3.05, 3.63) is 65.2 Å². The van der Waals surface area contributed by atoms with E-state index in [0.29, 0.717) is 13.0 Å². The van der Waals surface area contributed by atoms with Gasteiger partial charge in [-0.3, -0.25) is 9.59 Å². The average Bonchev–Trinajstić information content (AvgIpc) is 3.04. The van der Waals surface area contributed by atoms with Crippen molar-refractivity contribution in [2.45, 2.75) is 25.0 Å². The van der Waals surface area contributed by atoms with E-state index in [4.69, 9.17) is 4.74 Å². The number of fused-ring (bicyclic) bond motifs is 2. The Morgan fingerprint density at radius 3 is 2.50 bits per heavy atom. The smallest absolute Gasteiger partial charge is 0.312 e. The Hall–Kier alpha value is -2.82. The molecule has 0 fully saturated rings. The lowest BCUT2D eigenvalue weighted by Crippen LogP contribution is -2.46. The van der Waals surface area contributed by atoms with Crippen LogP contribution in [-0.2, 0) is 22.6 Å². The summed E-state index contributed by atoms with van der Waals surface area (Å²) in [4.78, 5) is 26.1. The number of nitrogens with zero attached hydrogens (tertiary/aromatic N) is 1. The average molecular weight is 323 g/mol. The molecule has 0 bridgehead atoms. The summed E-state index contributed by atoms with van der Waals surface area (Å²) in [5, 5.41) is 9.52. The molecular formula is C19H17NO4. The molecule has 2 heterocycles. The summed E-state index contributed by atoms with van der Waals surface area (Å²) in [5.74, 6) is -1.01. The predicted octanol–water partition coefficient (Wildman–Crippen LogP) is 2.20. The molecule has 0 aromatic heterocycles. The van der Waals surface area contributed by atoms with Gasteiger partial charge in [-0.15, -0.1) is 0 Å². The zero-order valence-electron chi connectivity index (χ0n) is 13.0. The second kappa shape index (κ2) is 5.67. The number of benzene rings is 2. The summed E-state index contributed by atoms with van der Waals surface area (Å²) in [6, 6.07) is 15.0. The van der Waals surface area contributed by atoms with Crippen LogP contribution in [0.4, 0.5) is 0 Å². The first-order valence-corrected chi connectivity index (χ1v) is 7.97. The third kappa shape index (κ3) is 2.42. The second-order valence-corrected chi connectivity index (χ2v) is 6.23. The van der Waals surface area contributed by atoms with Crippen LogP contribution in [0.3, 0.4) is 0 Å². The van der Waals surface area contributed by atoms with Crippen LogP contribution >= 0.6 is 0 Å². The number of aliphatic carboxylic acids is 1. The van der Waals surface area contributed by atoms with Gasteiger partial charge >= 0.3 is 5.97 Å². The highest BCUT2D eigenvalue weighted by Gasteiger charge is 2.37. The standard InChI is InChI=1S/C19H17NO4/c21-18(17-9-12-5-2-4-8-16(12)24-17)20-10-13-6-1-3-7-14(13)15(11-20)19(22)23/h1-8,15,17H,9-11H2,(H,22,23). The first kappa shape index (κ1) is 14.8. The van der Waals surface area contributed by atoms with E-state index < -0.39 is 18.0 Å². The fraction of sp³-hybridized carbons (Fsp3) is 0.263. The van der Waals surface area contributed by atoms with E-state index in [1.807, 2.05) is 48.5 Å². The van der Waals surface area contributed by atoms with Crippen molar-refractivity contribution >= 4 is 11.9 Å². The van der Waals surface area contributed by atoms with Crippen LogP contribution in [0, 0.1) is 0 Å². The number of amides is 1. The van der Waals surface area contributed by atoms with Gasteiger partial charge < -0.3 is 14.7 Å². The minimum Gasteiger partial charge on any atom is -0.481 e. The molecule has 2 atom stereocenters. The number of carboxylic acids is 1. The maximum absolute atomic E-state index is 12.9. The first-order chi connectivity index (χ1) is 11.6. The maximum Gasteiger partial charge on any atom is 0.312 e. The van der Waals surface area contributed by atoms with Crippen LogP contribution in [0.15, 0.2) is 48.5 Å². The minimum atomic E-state index is -0.907. The summed E-state index contributed by atoms with van der Waals surface area (Å²) in [7, 11) is 0. The number of hydrogen-bond donors (Lipinski definition) is 1. The molecule has 122 valence electrons. The van der Waals surface area contributed by atoms with Gasteiger partial charge in [-0.05, 0) is 22.8 Å². The van der Waals surface area contributed by atoms with Gasteiger partial charge in [0, 0.05) is 19.5 Å². The van der Waals surface area contributed by atoms with Crippen LogP contribution < -0.4 is 4.74 Å². The Morgan fingerprint density at radius 1 is 1.04 bits per heavy atom. The van der Waals surface area contributed by atoms with Crippen LogP contribution in [0.2, 0.25) is 0 Å². The molecule has 0 radical (unpaired) electrons. The van der Waals surface area contributed by atoms with Gasteiger partial charge in [0.05, 0.1) is 5.92 Å². The number of para-hydroxylation sites is 1. The van der Waals surface area contributed by atoms with Crippen molar-refractivity contribution in [3.8, 4) is 5.75 Å². The van der Waals surface area contributed by atoms with E-state index >= 15 is 0 Å². The van der Waals surface area contributed by atoms with E-state index in [1.165, 1.54) is 0 Å². The fourth-order valence-electron chi connectivity index (χ4n) is 3.51. The summed E-state index contributed by atoms with van der Waals surface area (Å²) < 4.78 is 5.77. The molecule has 4 rings (SSSR count). The van der Waals surface area contributed by atoms with E-state index in [9.17, 15) is 14.7 Å². The molecule has 24 heavy (non-hydrogen) atoms. The van der Waals surface area contributed by atoms with E-state index in [0.717, 1.165) is 22.4 Å².